The molecule has 1 aromatic carbocycles. The van der Waals surface area contributed by atoms with Gasteiger partial charge in [-0.2, -0.15) is 0 Å². The van der Waals surface area contributed by atoms with Crippen molar-refractivity contribution in [2.75, 3.05) is 31.5 Å². The first kappa shape index (κ1) is 22.5. The van der Waals surface area contributed by atoms with Crippen LogP contribution in [0.4, 0.5) is 5.69 Å². The van der Waals surface area contributed by atoms with E-state index in [-0.39, 0.29) is 24.2 Å². The molecule has 0 radical (unpaired) electrons. The van der Waals surface area contributed by atoms with Crippen molar-refractivity contribution in [3.8, 4) is 0 Å². The summed E-state index contributed by atoms with van der Waals surface area (Å²) < 4.78 is 0. The van der Waals surface area contributed by atoms with Gasteiger partial charge < -0.3 is 15.5 Å². The zero-order valence-electron chi connectivity index (χ0n) is 16.1. The van der Waals surface area contributed by atoms with Crippen LogP contribution in [-0.4, -0.2) is 42.9 Å². The fourth-order valence-electron chi connectivity index (χ4n) is 3.43. The molecule has 1 heterocycles. The van der Waals surface area contributed by atoms with E-state index < -0.39 is 0 Å². The molecule has 2 amide bonds. The molecule has 5 nitrogen and oxygen atoms in total. The topological polar surface area (TPSA) is 61.4 Å². The number of anilines is 1. The van der Waals surface area contributed by atoms with Crippen molar-refractivity contribution < 1.29 is 9.59 Å². The number of halogens is 1. The molecular weight excluding hydrogens is 350 g/mol. The molecule has 0 aromatic heterocycles. The molecule has 2 N–H and O–H groups in total. The molecule has 2 rings (SSSR count). The van der Waals surface area contributed by atoms with Gasteiger partial charge in [0.1, 0.15) is 0 Å². The van der Waals surface area contributed by atoms with Crippen LogP contribution in [0.25, 0.3) is 0 Å². The van der Waals surface area contributed by atoms with E-state index in [1.807, 2.05) is 26.0 Å². The van der Waals surface area contributed by atoms with Gasteiger partial charge in [0.15, 0.2) is 0 Å². The second-order valence-corrected chi connectivity index (χ2v) is 6.89. The predicted molar refractivity (Wildman–Crippen MR) is 109 cm³/mol. The first-order valence-electron chi connectivity index (χ1n) is 9.45. The smallest absolute Gasteiger partial charge is 0.253 e. The third kappa shape index (κ3) is 6.29. The minimum atomic E-state index is 0. The molecule has 1 saturated heterocycles. The Kier molecular flexibility index (Phi) is 9.66. The van der Waals surface area contributed by atoms with Gasteiger partial charge in [0, 0.05) is 30.8 Å². The Bertz CT molecular complexity index is 567. The van der Waals surface area contributed by atoms with Crippen LogP contribution in [0.1, 0.15) is 50.4 Å². The Balaban J connectivity index is 0.00000338. The van der Waals surface area contributed by atoms with Crippen LogP contribution >= 0.6 is 12.4 Å². The maximum atomic E-state index is 12.3. The number of nitrogens with one attached hydrogen (secondary N) is 2. The summed E-state index contributed by atoms with van der Waals surface area (Å²) in [5, 5.41) is 6.36. The van der Waals surface area contributed by atoms with Crippen molar-refractivity contribution in [1.82, 2.24) is 10.2 Å². The molecule has 146 valence electrons. The van der Waals surface area contributed by atoms with Crippen molar-refractivity contribution in [3.05, 3.63) is 29.8 Å². The first-order chi connectivity index (χ1) is 12.0. The van der Waals surface area contributed by atoms with Crippen molar-refractivity contribution in [2.24, 2.45) is 11.8 Å². The fraction of sp³-hybridized carbons (Fsp3) is 0.600. The molecule has 1 aromatic rings. The minimum Gasteiger partial charge on any atom is -0.339 e. The summed E-state index contributed by atoms with van der Waals surface area (Å²) in [6.45, 7) is 9.59. The molecule has 0 spiro atoms. The third-order valence-corrected chi connectivity index (χ3v) is 5.11. The van der Waals surface area contributed by atoms with Crippen molar-refractivity contribution in [1.29, 1.82) is 0 Å². The molecule has 6 heteroatoms. The maximum absolute atomic E-state index is 12.3. The summed E-state index contributed by atoms with van der Waals surface area (Å²) in [6, 6.07) is 7.18. The highest BCUT2D eigenvalue weighted by atomic mass is 35.5. The third-order valence-electron chi connectivity index (χ3n) is 5.11. The number of benzene rings is 1. The number of piperidine rings is 1. The highest BCUT2D eigenvalue weighted by Gasteiger charge is 2.22. The van der Waals surface area contributed by atoms with Crippen molar-refractivity contribution in [2.45, 2.75) is 40.0 Å². The molecule has 1 aliphatic rings. The Morgan fingerprint density at radius 1 is 1.23 bits per heavy atom. The molecule has 0 aliphatic carbocycles. The van der Waals surface area contributed by atoms with Gasteiger partial charge in [-0.1, -0.05) is 6.92 Å². The van der Waals surface area contributed by atoms with Crippen LogP contribution in [0, 0.1) is 11.8 Å². The Labute approximate surface area is 163 Å². The van der Waals surface area contributed by atoms with Gasteiger partial charge in [-0.15, -0.1) is 12.4 Å². The van der Waals surface area contributed by atoms with E-state index in [4.69, 9.17) is 0 Å². The fourth-order valence-corrected chi connectivity index (χ4v) is 3.43. The van der Waals surface area contributed by atoms with Gasteiger partial charge in [-0.25, -0.2) is 0 Å². The number of rotatable bonds is 7. The number of carbonyl (C=O) groups excluding carboxylic acids is 2. The summed E-state index contributed by atoms with van der Waals surface area (Å²) in [4.78, 5) is 26.4. The second kappa shape index (κ2) is 11.2. The quantitative estimate of drug-likeness (QED) is 0.759. The summed E-state index contributed by atoms with van der Waals surface area (Å²) in [5.74, 6) is 1.02. The van der Waals surface area contributed by atoms with Crippen LogP contribution in [0.15, 0.2) is 24.3 Å². The van der Waals surface area contributed by atoms with Gasteiger partial charge in [-0.3, -0.25) is 9.59 Å². The van der Waals surface area contributed by atoms with Gasteiger partial charge in [0.05, 0.1) is 0 Å². The lowest BCUT2D eigenvalue weighted by Gasteiger charge is -2.28. The summed E-state index contributed by atoms with van der Waals surface area (Å²) >= 11 is 0. The number of amides is 2. The largest absolute Gasteiger partial charge is 0.339 e. The second-order valence-electron chi connectivity index (χ2n) is 6.89. The zero-order chi connectivity index (χ0) is 18.2. The van der Waals surface area contributed by atoms with Gasteiger partial charge in [-0.05, 0) is 75.9 Å². The van der Waals surface area contributed by atoms with E-state index in [0.717, 1.165) is 18.8 Å². The van der Waals surface area contributed by atoms with E-state index in [2.05, 4.69) is 17.6 Å². The highest BCUT2D eigenvalue weighted by Crippen LogP contribution is 2.23. The van der Waals surface area contributed by atoms with E-state index >= 15 is 0 Å². The number of carbonyl (C=O) groups is 2. The summed E-state index contributed by atoms with van der Waals surface area (Å²) in [5.41, 5.74) is 1.40. The standard InChI is InChI=1S/C20H31N3O2.ClH/c1-4-23(5-2)20(25)16-8-10-18(11-9-16)22-19(24)13-15(3)17-7-6-12-21-14-17;/h8-11,15,17,21H,4-7,12-14H2,1-3H3,(H,22,24);1H. The highest BCUT2D eigenvalue weighted by molar-refractivity contribution is 5.95. The van der Waals surface area contributed by atoms with Crippen molar-refractivity contribution >= 4 is 29.9 Å². The number of nitrogens with zero attached hydrogens (tertiary/aromatic N) is 1. The number of hydrogen-bond acceptors (Lipinski definition) is 3. The summed E-state index contributed by atoms with van der Waals surface area (Å²) in [7, 11) is 0. The SMILES string of the molecule is CCN(CC)C(=O)c1ccc(NC(=O)CC(C)C2CCCNC2)cc1.Cl. The van der Waals surface area contributed by atoms with Crippen LogP contribution in [0.3, 0.4) is 0 Å². The molecule has 2 unspecified atom stereocenters. The van der Waals surface area contributed by atoms with E-state index in [9.17, 15) is 9.59 Å². The average molecular weight is 382 g/mol. The molecular formula is C20H32ClN3O2. The molecule has 2 atom stereocenters. The molecule has 0 saturated carbocycles. The monoisotopic (exact) mass is 381 g/mol. The number of hydrogen-bond donors (Lipinski definition) is 2. The minimum absolute atomic E-state index is 0. The lowest BCUT2D eigenvalue weighted by atomic mass is 9.85. The van der Waals surface area contributed by atoms with Gasteiger partial charge in [0.25, 0.3) is 5.91 Å². The normalized spacial score (nSPS) is 17.7. The Morgan fingerprint density at radius 2 is 1.88 bits per heavy atom. The predicted octanol–water partition coefficient (Wildman–Crippen LogP) is 3.55. The van der Waals surface area contributed by atoms with E-state index in [0.29, 0.717) is 36.9 Å². The average Bonchev–Trinajstić information content (AvgIpc) is 2.64. The molecule has 1 aliphatic heterocycles. The summed E-state index contributed by atoms with van der Waals surface area (Å²) in [6.07, 6.45) is 2.93. The van der Waals surface area contributed by atoms with Gasteiger partial charge >= 0.3 is 0 Å². The van der Waals surface area contributed by atoms with Crippen LogP contribution in [0.5, 0.6) is 0 Å². The lowest BCUT2D eigenvalue weighted by molar-refractivity contribution is -0.117. The Morgan fingerprint density at radius 3 is 2.42 bits per heavy atom. The van der Waals surface area contributed by atoms with Crippen LogP contribution in [-0.2, 0) is 4.79 Å². The molecule has 0 bridgehead atoms. The molecule has 26 heavy (non-hydrogen) atoms. The Hall–Kier alpha value is -1.59. The van der Waals surface area contributed by atoms with Gasteiger partial charge in [0.2, 0.25) is 5.91 Å². The maximum Gasteiger partial charge on any atom is 0.253 e. The first-order valence-corrected chi connectivity index (χ1v) is 9.45. The van der Waals surface area contributed by atoms with E-state index in [1.54, 1.807) is 17.0 Å². The van der Waals surface area contributed by atoms with Crippen molar-refractivity contribution in [3.63, 3.8) is 0 Å². The van der Waals surface area contributed by atoms with E-state index in [1.165, 1.54) is 12.8 Å². The lowest BCUT2D eigenvalue weighted by Crippen LogP contribution is -2.34. The van der Waals surface area contributed by atoms with Crippen LogP contribution in [0.2, 0.25) is 0 Å². The zero-order valence-corrected chi connectivity index (χ0v) is 16.9. The van der Waals surface area contributed by atoms with Crippen LogP contribution < -0.4 is 10.6 Å². The molecule has 1 fully saturated rings.